The third-order valence-electron chi connectivity index (χ3n) is 2.05. The summed E-state index contributed by atoms with van der Waals surface area (Å²) in [6.45, 7) is 11.1. The number of carbonyl (C=O) groups excluding carboxylic acids is 1. The van der Waals surface area contributed by atoms with E-state index >= 15 is 0 Å². The van der Waals surface area contributed by atoms with Gasteiger partial charge in [-0.25, -0.2) is 0 Å². The van der Waals surface area contributed by atoms with Crippen LogP contribution in [0.2, 0.25) is 0 Å². The molecule has 1 atom stereocenters. The van der Waals surface area contributed by atoms with Crippen molar-refractivity contribution in [3.8, 4) is 0 Å². The number of amides is 1. The van der Waals surface area contributed by atoms with Crippen LogP contribution in [-0.4, -0.2) is 29.9 Å². The highest BCUT2D eigenvalue weighted by Crippen LogP contribution is 2.15. The Morgan fingerprint density at radius 1 is 1.36 bits per heavy atom. The topological polar surface area (TPSA) is 46.3 Å². The van der Waals surface area contributed by atoms with E-state index in [1.54, 1.807) is 0 Å². The lowest BCUT2D eigenvalue weighted by molar-refractivity contribution is -0.130. The Morgan fingerprint density at radius 2 is 1.86 bits per heavy atom. The molecule has 0 aromatic carbocycles. The molecule has 1 heterocycles. The van der Waals surface area contributed by atoms with Gasteiger partial charge in [-0.3, -0.25) is 4.79 Å². The minimum absolute atomic E-state index is 0.0880. The number of rotatable bonds is 1. The molecule has 0 aliphatic carbocycles. The first-order valence-electron chi connectivity index (χ1n) is 5.75. The molecule has 0 saturated carbocycles. The van der Waals surface area contributed by atoms with Crippen molar-refractivity contribution in [2.45, 2.75) is 53.5 Å². The van der Waals surface area contributed by atoms with Gasteiger partial charge in [0.1, 0.15) is 0 Å². The average Bonchev–Trinajstić information content (AvgIpc) is 2.69. The second-order valence-electron chi connectivity index (χ2n) is 2.78. The molecule has 2 N–H and O–H groups in total. The maximum Gasteiger partial charge on any atom is 0.236 e. The first-order valence-corrected chi connectivity index (χ1v) is 5.75. The molecular weight excluding hydrogens is 176 g/mol. The van der Waals surface area contributed by atoms with Crippen LogP contribution in [0.1, 0.15) is 47.5 Å². The van der Waals surface area contributed by atoms with Crippen molar-refractivity contribution in [3.05, 3.63) is 0 Å². The van der Waals surface area contributed by atoms with Crippen LogP contribution in [0.15, 0.2) is 0 Å². The molecule has 1 saturated heterocycles. The van der Waals surface area contributed by atoms with E-state index in [0.717, 1.165) is 19.4 Å². The zero-order valence-electron chi connectivity index (χ0n) is 10.3. The van der Waals surface area contributed by atoms with E-state index in [2.05, 4.69) is 6.92 Å². The second kappa shape index (κ2) is 10.5. The van der Waals surface area contributed by atoms with Crippen molar-refractivity contribution in [2.24, 2.45) is 5.73 Å². The van der Waals surface area contributed by atoms with Gasteiger partial charge in [0, 0.05) is 12.6 Å². The molecule has 1 unspecified atom stereocenters. The summed E-state index contributed by atoms with van der Waals surface area (Å²) in [5.74, 6) is 0.0880. The maximum atomic E-state index is 11.0. The molecule has 3 heteroatoms. The fraction of sp³-hybridized carbons (Fsp3) is 0.909. The second-order valence-corrected chi connectivity index (χ2v) is 2.78. The van der Waals surface area contributed by atoms with Gasteiger partial charge in [-0.05, 0) is 19.8 Å². The smallest absolute Gasteiger partial charge is 0.236 e. The summed E-state index contributed by atoms with van der Waals surface area (Å²) in [5, 5.41) is 0. The molecule has 0 spiro atoms. The van der Waals surface area contributed by atoms with Gasteiger partial charge in [0.25, 0.3) is 0 Å². The molecule has 14 heavy (non-hydrogen) atoms. The van der Waals surface area contributed by atoms with Crippen molar-refractivity contribution >= 4 is 5.91 Å². The monoisotopic (exact) mass is 202 g/mol. The van der Waals surface area contributed by atoms with Crippen molar-refractivity contribution in [1.82, 2.24) is 4.90 Å². The van der Waals surface area contributed by atoms with Crippen LogP contribution in [-0.2, 0) is 4.79 Å². The Labute approximate surface area is 88.7 Å². The molecule has 0 aromatic rings. The zero-order valence-corrected chi connectivity index (χ0v) is 10.3. The van der Waals surface area contributed by atoms with E-state index in [-0.39, 0.29) is 12.5 Å². The fourth-order valence-corrected chi connectivity index (χ4v) is 1.42. The van der Waals surface area contributed by atoms with Gasteiger partial charge in [0.2, 0.25) is 5.91 Å². The average molecular weight is 202 g/mol. The Morgan fingerprint density at radius 3 is 2.14 bits per heavy atom. The van der Waals surface area contributed by atoms with Gasteiger partial charge < -0.3 is 10.6 Å². The van der Waals surface area contributed by atoms with Gasteiger partial charge in [0.05, 0.1) is 6.54 Å². The molecule has 1 aliphatic rings. The van der Waals surface area contributed by atoms with Crippen molar-refractivity contribution in [3.63, 3.8) is 0 Å². The minimum Gasteiger partial charge on any atom is -0.339 e. The third-order valence-corrected chi connectivity index (χ3v) is 2.05. The Bertz CT molecular complexity index is 137. The molecule has 1 amide bonds. The van der Waals surface area contributed by atoms with E-state index < -0.39 is 0 Å². The SMILES string of the molecule is CC.CC.CC1CCCN1C(=O)CN. The van der Waals surface area contributed by atoms with Crippen LogP contribution < -0.4 is 5.73 Å². The summed E-state index contributed by atoms with van der Waals surface area (Å²) in [6, 6.07) is 0.413. The van der Waals surface area contributed by atoms with Gasteiger partial charge in [-0.2, -0.15) is 0 Å². The lowest BCUT2D eigenvalue weighted by Gasteiger charge is -2.19. The first-order chi connectivity index (χ1) is 6.75. The largest absolute Gasteiger partial charge is 0.339 e. The summed E-state index contributed by atoms with van der Waals surface area (Å²) in [6.07, 6.45) is 2.26. The summed E-state index contributed by atoms with van der Waals surface area (Å²) < 4.78 is 0. The lowest BCUT2D eigenvalue weighted by atomic mass is 10.2. The van der Waals surface area contributed by atoms with Crippen LogP contribution in [0.25, 0.3) is 0 Å². The number of nitrogens with zero attached hydrogens (tertiary/aromatic N) is 1. The molecule has 1 rings (SSSR count). The van der Waals surface area contributed by atoms with E-state index in [9.17, 15) is 4.79 Å². The Hall–Kier alpha value is -0.570. The molecule has 86 valence electrons. The van der Waals surface area contributed by atoms with Crippen LogP contribution >= 0.6 is 0 Å². The number of nitrogens with two attached hydrogens (primary N) is 1. The number of likely N-dealkylation sites (tertiary alicyclic amines) is 1. The maximum absolute atomic E-state index is 11.0. The molecule has 3 nitrogen and oxygen atoms in total. The van der Waals surface area contributed by atoms with Crippen LogP contribution in [0.5, 0.6) is 0 Å². The molecule has 1 fully saturated rings. The summed E-state index contributed by atoms with van der Waals surface area (Å²) in [5.41, 5.74) is 5.22. The van der Waals surface area contributed by atoms with E-state index in [4.69, 9.17) is 5.73 Å². The highest BCUT2D eigenvalue weighted by Gasteiger charge is 2.23. The van der Waals surface area contributed by atoms with Crippen molar-refractivity contribution in [2.75, 3.05) is 13.1 Å². The van der Waals surface area contributed by atoms with E-state index in [1.807, 2.05) is 32.6 Å². The normalized spacial score (nSPS) is 19.0. The van der Waals surface area contributed by atoms with E-state index in [1.165, 1.54) is 0 Å². The summed E-state index contributed by atoms with van der Waals surface area (Å²) >= 11 is 0. The molecule has 0 bridgehead atoms. The quantitative estimate of drug-likeness (QED) is 0.707. The van der Waals surface area contributed by atoms with Crippen LogP contribution in [0.4, 0.5) is 0 Å². The number of hydrogen-bond acceptors (Lipinski definition) is 2. The lowest BCUT2D eigenvalue weighted by Crippen LogP contribution is -2.37. The van der Waals surface area contributed by atoms with Crippen molar-refractivity contribution < 1.29 is 4.79 Å². The highest BCUT2D eigenvalue weighted by atomic mass is 16.2. The Kier molecular flexibility index (Phi) is 11.9. The highest BCUT2D eigenvalue weighted by molar-refractivity contribution is 5.78. The molecular formula is C11H26N2O. The zero-order chi connectivity index (χ0) is 11.6. The summed E-state index contributed by atoms with van der Waals surface area (Å²) in [4.78, 5) is 12.9. The summed E-state index contributed by atoms with van der Waals surface area (Å²) in [7, 11) is 0. The van der Waals surface area contributed by atoms with Gasteiger partial charge in [-0.15, -0.1) is 0 Å². The fourth-order valence-electron chi connectivity index (χ4n) is 1.42. The minimum atomic E-state index is 0.0880. The number of carbonyl (C=O) groups is 1. The molecule has 0 aromatic heterocycles. The van der Waals surface area contributed by atoms with Gasteiger partial charge >= 0.3 is 0 Å². The predicted octanol–water partition coefficient (Wildman–Crippen LogP) is 2.01. The predicted molar refractivity (Wildman–Crippen MR) is 62.2 cm³/mol. The third kappa shape index (κ3) is 5.22. The standard InChI is InChI=1S/C7H14N2O.2C2H6/c1-6-3-2-4-9(6)7(10)5-8;2*1-2/h6H,2-5,8H2,1H3;2*1-2H3. The van der Waals surface area contributed by atoms with E-state index in [0.29, 0.717) is 6.04 Å². The van der Waals surface area contributed by atoms with Gasteiger partial charge in [0.15, 0.2) is 0 Å². The molecule has 0 radical (unpaired) electrons. The number of hydrogen-bond donors (Lipinski definition) is 1. The Balaban J connectivity index is 0. The van der Waals surface area contributed by atoms with Crippen LogP contribution in [0.3, 0.4) is 0 Å². The molecule has 1 aliphatic heterocycles. The van der Waals surface area contributed by atoms with Gasteiger partial charge in [-0.1, -0.05) is 27.7 Å². The van der Waals surface area contributed by atoms with Crippen LogP contribution in [0, 0.1) is 0 Å². The first kappa shape index (κ1) is 15.9. The van der Waals surface area contributed by atoms with Crippen molar-refractivity contribution in [1.29, 1.82) is 0 Å².